The van der Waals surface area contributed by atoms with Gasteiger partial charge >= 0.3 is 0 Å². The molecule has 1 heterocycles. The molecule has 2 rings (SSSR count). The van der Waals surface area contributed by atoms with Crippen LogP contribution in [0.3, 0.4) is 0 Å². The van der Waals surface area contributed by atoms with Crippen LogP contribution in [0.1, 0.15) is 39.7 Å². The summed E-state index contributed by atoms with van der Waals surface area (Å²) >= 11 is 7.37. The largest absolute Gasteiger partial charge is 0.350 e. The molecule has 0 bridgehead atoms. The molecule has 6 nitrogen and oxygen atoms in total. The summed E-state index contributed by atoms with van der Waals surface area (Å²) in [7, 11) is 0. The van der Waals surface area contributed by atoms with Crippen LogP contribution in [-0.4, -0.2) is 29.4 Å². The molecule has 1 aromatic carbocycles. The molecule has 0 saturated carbocycles. The van der Waals surface area contributed by atoms with Crippen LogP contribution >= 0.6 is 22.9 Å². The first-order chi connectivity index (χ1) is 11.4. The molecule has 4 N–H and O–H groups in total. The quantitative estimate of drug-likeness (QED) is 0.732. The van der Waals surface area contributed by atoms with Crippen LogP contribution in [-0.2, 0) is 6.42 Å². The molecular formula is C16H19ClN4O2S. The monoisotopic (exact) mass is 366 g/mol. The maximum absolute atomic E-state index is 12.4. The molecule has 0 aliphatic carbocycles. The van der Waals surface area contributed by atoms with Gasteiger partial charge in [-0.05, 0) is 38.6 Å². The molecule has 0 spiro atoms. The number of anilines is 1. The fourth-order valence-corrected chi connectivity index (χ4v) is 2.96. The Kier molecular flexibility index (Phi) is 6.30. The highest BCUT2D eigenvalue weighted by atomic mass is 35.5. The van der Waals surface area contributed by atoms with E-state index in [4.69, 9.17) is 17.3 Å². The third-order valence-corrected chi connectivity index (χ3v) is 4.18. The number of halogens is 1. The van der Waals surface area contributed by atoms with E-state index >= 15 is 0 Å². The molecule has 0 aliphatic rings. The minimum Gasteiger partial charge on any atom is -0.350 e. The van der Waals surface area contributed by atoms with Crippen molar-refractivity contribution in [3.8, 4) is 0 Å². The van der Waals surface area contributed by atoms with Crippen LogP contribution in [0.15, 0.2) is 23.6 Å². The van der Waals surface area contributed by atoms with Gasteiger partial charge in [-0.2, -0.15) is 0 Å². The van der Waals surface area contributed by atoms with Gasteiger partial charge in [0.05, 0.1) is 16.3 Å². The van der Waals surface area contributed by atoms with E-state index in [1.54, 1.807) is 23.6 Å². The molecule has 0 saturated heterocycles. The number of hydrogen-bond donors (Lipinski definition) is 3. The number of nitrogens with two attached hydrogens (primary N) is 1. The van der Waals surface area contributed by atoms with Crippen molar-refractivity contribution in [2.45, 2.75) is 26.3 Å². The van der Waals surface area contributed by atoms with E-state index in [9.17, 15) is 9.59 Å². The van der Waals surface area contributed by atoms with E-state index in [0.717, 1.165) is 5.01 Å². The van der Waals surface area contributed by atoms with Crippen LogP contribution in [0.4, 0.5) is 5.69 Å². The Hall–Kier alpha value is -1.96. The summed E-state index contributed by atoms with van der Waals surface area (Å²) in [6.45, 7) is 4.20. The molecule has 0 fully saturated rings. The van der Waals surface area contributed by atoms with Crippen molar-refractivity contribution in [2.24, 2.45) is 5.73 Å². The summed E-state index contributed by atoms with van der Waals surface area (Å²) < 4.78 is 0. The van der Waals surface area contributed by atoms with Crippen LogP contribution in [0, 0.1) is 0 Å². The Morgan fingerprint density at radius 2 is 2.08 bits per heavy atom. The zero-order chi connectivity index (χ0) is 17.7. The number of carbonyl (C=O) groups is 2. The highest BCUT2D eigenvalue weighted by molar-refractivity contribution is 7.09. The minimum atomic E-state index is -0.393. The van der Waals surface area contributed by atoms with E-state index in [2.05, 4.69) is 15.6 Å². The normalized spacial score (nSPS) is 10.7. The number of benzene rings is 1. The van der Waals surface area contributed by atoms with Crippen molar-refractivity contribution in [3.63, 3.8) is 0 Å². The molecule has 128 valence electrons. The first-order valence-electron chi connectivity index (χ1n) is 7.47. The van der Waals surface area contributed by atoms with Gasteiger partial charge in [0.25, 0.3) is 11.8 Å². The first kappa shape index (κ1) is 18.4. The summed E-state index contributed by atoms with van der Waals surface area (Å²) in [5, 5.41) is 8.39. The highest BCUT2D eigenvalue weighted by Gasteiger charge is 2.17. The standard InChI is InChI=1S/C16H19ClN4O2S/c1-9(2)19-15(22)11-4-3-10(17)7-12(11)21-16(23)13-8-24-14(20-13)5-6-18/h3-4,7-9H,5-6,18H2,1-2H3,(H,19,22)(H,21,23). The second-order valence-electron chi connectivity index (χ2n) is 5.44. The minimum absolute atomic E-state index is 0.0194. The first-order valence-corrected chi connectivity index (χ1v) is 8.72. The Morgan fingerprint density at radius 1 is 1.33 bits per heavy atom. The molecule has 24 heavy (non-hydrogen) atoms. The van der Waals surface area contributed by atoms with Gasteiger partial charge in [-0.25, -0.2) is 4.98 Å². The van der Waals surface area contributed by atoms with Gasteiger partial charge < -0.3 is 16.4 Å². The average Bonchev–Trinajstić information content (AvgIpc) is 2.95. The lowest BCUT2D eigenvalue weighted by Gasteiger charge is -2.13. The molecule has 2 amide bonds. The third kappa shape index (κ3) is 4.77. The van der Waals surface area contributed by atoms with Crippen molar-refractivity contribution in [3.05, 3.63) is 44.9 Å². The van der Waals surface area contributed by atoms with E-state index in [-0.39, 0.29) is 11.9 Å². The zero-order valence-corrected chi connectivity index (χ0v) is 15.0. The summed E-state index contributed by atoms with van der Waals surface area (Å²) in [6, 6.07) is 4.71. The van der Waals surface area contributed by atoms with Crippen LogP contribution in [0.25, 0.3) is 0 Å². The third-order valence-electron chi connectivity index (χ3n) is 3.04. The topological polar surface area (TPSA) is 97.1 Å². The zero-order valence-electron chi connectivity index (χ0n) is 13.4. The smallest absolute Gasteiger partial charge is 0.275 e. The van der Waals surface area contributed by atoms with E-state index < -0.39 is 5.91 Å². The predicted octanol–water partition coefficient (Wildman–Crippen LogP) is 2.69. The van der Waals surface area contributed by atoms with Crippen LogP contribution in [0.2, 0.25) is 5.02 Å². The number of aromatic nitrogens is 1. The molecule has 1 aromatic heterocycles. The van der Waals surface area contributed by atoms with Gasteiger partial charge in [0.2, 0.25) is 0 Å². The van der Waals surface area contributed by atoms with E-state index in [0.29, 0.717) is 34.9 Å². The molecule has 8 heteroatoms. The molecule has 0 aliphatic heterocycles. The molecule has 0 unspecified atom stereocenters. The molecule has 0 radical (unpaired) electrons. The average molecular weight is 367 g/mol. The van der Waals surface area contributed by atoms with E-state index in [1.165, 1.54) is 11.3 Å². The molecular weight excluding hydrogens is 348 g/mol. The van der Waals surface area contributed by atoms with Crippen molar-refractivity contribution in [1.29, 1.82) is 0 Å². The maximum Gasteiger partial charge on any atom is 0.275 e. The predicted molar refractivity (Wildman–Crippen MR) is 96.9 cm³/mol. The van der Waals surface area contributed by atoms with E-state index in [1.807, 2.05) is 13.8 Å². The summed E-state index contributed by atoms with van der Waals surface area (Å²) in [6.07, 6.45) is 0.622. The SMILES string of the molecule is CC(C)NC(=O)c1ccc(Cl)cc1NC(=O)c1csc(CCN)n1. The fourth-order valence-electron chi connectivity index (χ4n) is 2.00. The summed E-state index contributed by atoms with van der Waals surface area (Å²) in [4.78, 5) is 28.9. The van der Waals surface area contributed by atoms with Crippen LogP contribution < -0.4 is 16.4 Å². The van der Waals surface area contributed by atoms with Crippen molar-refractivity contribution < 1.29 is 9.59 Å². The van der Waals surface area contributed by atoms with Gasteiger partial charge in [0, 0.05) is 22.9 Å². The lowest BCUT2D eigenvalue weighted by atomic mass is 10.1. The number of nitrogens with zero attached hydrogens (tertiary/aromatic N) is 1. The Bertz CT molecular complexity index is 745. The van der Waals surface area contributed by atoms with Gasteiger partial charge in [0.1, 0.15) is 5.69 Å². The molecule has 0 atom stereocenters. The number of nitrogens with one attached hydrogen (secondary N) is 2. The van der Waals surface area contributed by atoms with Crippen LogP contribution in [0.5, 0.6) is 0 Å². The Labute approximate surface area is 149 Å². The van der Waals surface area contributed by atoms with Crippen molar-refractivity contribution >= 4 is 40.4 Å². The molecule has 2 aromatic rings. The number of amides is 2. The number of carbonyl (C=O) groups excluding carboxylic acids is 2. The highest BCUT2D eigenvalue weighted by Crippen LogP contribution is 2.22. The lowest BCUT2D eigenvalue weighted by molar-refractivity contribution is 0.0944. The summed E-state index contributed by atoms with van der Waals surface area (Å²) in [5.74, 6) is -0.672. The second kappa shape index (κ2) is 8.23. The number of rotatable bonds is 6. The Morgan fingerprint density at radius 3 is 2.75 bits per heavy atom. The van der Waals surface area contributed by atoms with Gasteiger partial charge in [-0.15, -0.1) is 11.3 Å². The van der Waals surface area contributed by atoms with Crippen molar-refractivity contribution in [2.75, 3.05) is 11.9 Å². The maximum atomic E-state index is 12.4. The van der Waals surface area contributed by atoms with Gasteiger partial charge in [-0.1, -0.05) is 11.6 Å². The van der Waals surface area contributed by atoms with Gasteiger partial charge in [0.15, 0.2) is 0 Å². The number of hydrogen-bond acceptors (Lipinski definition) is 5. The second-order valence-corrected chi connectivity index (χ2v) is 6.82. The lowest BCUT2D eigenvalue weighted by Crippen LogP contribution is -2.31. The van der Waals surface area contributed by atoms with Gasteiger partial charge in [-0.3, -0.25) is 9.59 Å². The Balaban J connectivity index is 2.22. The summed E-state index contributed by atoms with van der Waals surface area (Å²) in [5.41, 5.74) is 6.47. The fraction of sp³-hybridized carbons (Fsp3) is 0.312. The number of thiazole rings is 1. The van der Waals surface area contributed by atoms with Crippen molar-refractivity contribution in [1.82, 2.24) is 10.3 Å².